The molecule has 6 nitrogen and oxygen atoms in total. The fraction of sp³-hybridized carbons (Fsp3) is 0.733. The molecule has 3 N–H and O–H groups in total. The Balaban J connectivity index is 1.74. The summed E-state index contributed by atoms with van der Waals surface area (Å²) >= 11 is 0. The van der Waals surface area contributed by atoms with E-state index in [1.807, 2.05) is 13.8 Å². The SMILES string of the molecule is Cc1noc(C)c1CCNC(=O)NC1CCCCC1CO. The third kappa shape index (κ3) is 4.20. The van der Waals surface area contributed by atoms with Crippen molar-refractivity contribution < 1.29 is 14.4 Å². The van der Waals surface area contributed by atoms with Crippen molar-refractivity contribution in [2.24, 2.45) is 5.92 Å². The molecule has 6 heteroatoms. The first-order valence-electron chi connectivity index (χ1n) is 7.68. The predicted octanol–water partition coefficient (Wildman–Crippen LogP) is 1.68. The lowest BCUT2D eigenvalue weighted by atomic mass is 9.85. The van der Waals surface area contributed by atoms with Crippen LogP contribution in [0.3, 0.4) is 0 Å². The molecule has 1 aliphatic rings. The fourth-order valence-electron chi connectivity index (χ4n) is 3.00. The normalized spacial score (nSPS) is 22.0. The van der Waals surface area contributed by atoms with Gasteiger partial charge in [0.15, 0.2) is 0 Å². The smallest absolute Gasteiger partial charge is 0.315 e. The quantitative estimate of drug-likeness (QED) is 0.771. The molecule has 1 fully saturated rings. The summed E-state index contributed by atoms with van der Waals surface area (Å²) in [6.07, 6.45) is 4.89. The monoisotopic (exact) mass is 295 g/mol. The summed E-state index contributed by atoms with van der Waals surface area (Å²) in [7, 11) is 0. The number of carbonyl (C=O) groups is 1. The van der Waals surface area contributed by atoms with Gasteiger partial charge in [-0.05, 0) is 33.1 Å². The zero-order chi connectivity index (χ0) is 15.2. The molecule has 2 rings (SSSR count). The Kier molecular flexibility index (Phi) is 5.61. The van der Waals surface area contributed by atoms with Crippen molar-refractivity contribution in [3.05, 3.63) is 17.0 Å². The number of aliphatic hydroxyl groups excluding tert-OH is 1. The number of aryl methyl sites for hydroxylation is 2. The second kappa shape index (κ2) is 7.45. The average Bonchev–Trinajstić information content (AvgIpc) is 2.79. The fourth-order valence-corrected chi connectivity index (χ4v) is 3.00. The summed E-state index contributed by atoms with van der Waals surface area (Å²) in [4.78, 5) is 11.9. The highest BCUT2D eigenvalue weighted by Crippen LogP contribution is 2.23. The minimum absolute atomic E-state index is 0.0859. The van der Waals surface area contributed by atoms with Gasteiger partial charge in [0.05, 0.1) is 5.69 Å². The molecule has 1 aromatic heterocycles. The Morgan fingerprint density at radius 2 is 2.14 bits per heavy atom. The Bertz CT molecular complexity index is 453. The molecule has 1 saturated carbocycles. The van der Waals surface area contributed by atoms with Gasteiger partial charge in [-0.25, -0.2) is 4.79 Å². The van der Waals surface area contributed by atoms with Crippen LogP contribution in [0.5, 0.6) is 0 Å². The van der Waals surface area contributed by atoms with Crippen LogP contribution in [0.15, 0.2) is 4.52 Å². The Labute approximate surface area is 125 Å². The minimum Gasteiger partial charge on any atom is -0.396 e. The molecule has 0 aliphatic heterocycles. The van der Waals surface area contributed by atoms with E-state index in [9.17, 15) is 9.90 Å². The molecule has 1 aromatic rings. The number of hydrogen-bond donors (Lipinski definition) is 3. The first kappa shape index (κ1) is 15.8. The summed E-state index contributed by atoms with van der Waals surface area (Å²) in [5.74, 6) is 0.995. The number of amides is 2. The summed E-state index contributed by atoms with van der Waals surface area (Å²) in [6.45, 7) is 4.47. The van der Waals surface area contributed by atoms with Gasteiger partial charge in [0.1, 0.15) is 5.76 Å². The van der Waals surface area contributed by atoms with Crippen LogP contribution in [0.25, 0.3) is 0 Å². The molecule has 2 unspecified atom stereocenters. The number of aromatic nitrogens is 1. The second-order valence-corrected chi connectivity index (χ2v) is 5.79. The van der Waals surface area contributed by atoms with Gasteiger partial charge in [-0.3, -0.25) is 0 Å². The zero-order valence-electron chi connectivity index (χ0n) is 12.8. The number of carbonyl (C=O) groups excluding carboxylic acids is 1. The molecule has 0 radical (unpaired) electrons. The van der Waals surface area contributed by atoms with Gasteiger partial charge in [0.2, 0.25) is 0 Å². The number of rotatable bonds is 5. The first-order valence-corrected chi connectivity index (χ1v) is 7.68. The Morgan fingerprint density at radius 1 is 1.38 bits per heavy atom. The van der Waals surface area contributed by atoms with Crippen molar-refractivity contribution >= 4 is 6.03 Å². The molecular weight excluding hydrogens is 270 g/mol. The molecule has 2 atom stereocenters. The summed E-state index contributed by atoms with van der Waals surface area (Å²) in [5, 5.41) is 19.1. The van der Waals surface area contributed by atoms with E-state index in [-0.39, 0.29) is 24.6 Å². The standard InChI is InChI=1S/C15H25N3O3/c1-10-13(11(2)21-18-10)7-8-16-15(20)17-14-6-4-3-5-12(14)9-19/h12,14,19H,3-9H2,1-2H3,(H2,16,17,20). The highest BCUT2D eigenvalue weighted by atomic mass is 16.5. The van der Waals surface area contributed by atoms with E-state index in [1.54, 1.807) is 0 Å². The molecular formula is C15H25N3O3. The van der Waals surface area contributed by atoms with Gasteiger partial charge < -0.3 is 20.3 Å². The highest BCUT2D eigenvalue weighted by molar-refractivity contribution is 5.74. The zero-order valence-corrected chi connectivity index (χ0v) is 12.8. The van der Waals surface area contributed by atoms with Crippen LogP contribution in [-0.2, 0) is 6.42 Å². The Hall–Kier alpha value is -1.56. The van der Waals surface area contributed by atoms with Gasteiger partial charge in [-0.15, -0.1) is 0 Å². The molecule has 2 amide bonds. The van der Waals surface area contributed by atoms with E-state index in [1.165, 1.54) is 0 Å². The third-order valence-corrected chi connectivity index (χ3v) is 4.30. The van der Waals surface area contributed by atoms with Crippen molar-refractivity contribution in [3.8, 4) is 0 Å². The third-order valence-electron chi connectivity index (χ3n) is 4.30. The van der Waals surface area contributed by atoms with Gasteiger partial charge in [-0.2, -0.15) is 0 Å². The maximum atomic E-state index is 11.9. The van der Waals surface area contributed by atoms with E-state index in [0.717, 1.165) is 42.7 Å². The average molecular weight is 295 g/mol. The van der Waals surface area contributed by atoms with E-state index < -0.39 is 0 Å². The van der Waals surface area contributed by atoms with Crippen LogP contribution in [0, 0.1) is 19.8 Å². The summed E-state index contributed by atoms with van der Waals surface area (Å²) in [5.41, 5.74) is 1.93. The van der Waals surface area contributed by atoms with Gasteiger partial charge >= 0.3 is 6.03 Å². The summed E-state index contributed by atoms with van der Waals surface area (Å²) < 4.78 is 5.10. The Morgan fingerprint density at radius 3 is 2.81 bits per heavy atom. The topological polar surface area (TPSA) is 87.4 Å². The maximum Gasteiger partial charge on any atom is 0.315 e. The molecule has 0 bridgehead atoms. The van der Waals surface area contributed by atoms with Crippen LogP contribution >= 0.6 is 0 Å². The van der Waals surface area contributed by atoms with Gasteiger partial charge in [-0.1, -0.05) is 18.0 Å². The summed E-state index contributed by atoms with van der Waals surface area (Å²) in [6, 6.07) is -0.0741. The molecule has 1 heterocycles. The van der Waals surface area contributed by atoms with Gasteiger partial charge in [0.25, 0.3) is 0 Å². The highest BCUT2D eigenvalue weighted by Gasteiger charge is 2.25. The first-order chi connectivity index (χ1) is 10.1. The number of urea groups is 1. The van der Waals surface area contributed by atoms with E-state index >= 15 is 0 Å². The molecule has 1 aliphatic carbocycles. The van der Waals surface area contributed by atoms with E-state index in [0.29, 0.717) is 13.0 Å². The number of nitrogens with zero attached hydrogens (tertiary/aromatic N) is 1. The van der Waals surface area contributed by atoms with E-state index in [4.69, 9.17) is 4.52 Å². The lowest BCUT2D eigenvalue weighted by Crippen LogP contribution is -2.48. The molecule has 0 saturated heterocycles. The lowest BCUT2D eigenvalue weighted by Gasteiger charge is -2.30. The van der Waals surface area contributed by atoms with Crippen LogP contribution in [0.2, 0.25) is 0 Å². The van der Waals surface area contributed by atoms with Crippen LogP contribution < -0.4 is 10.6 Å². The van der Waals surface area contributed by atoms with Crippen LogP contribution in [-0.4, -0.2) is 35.5 Å². The van der Waals surface area contributed by atoms with Crippen molar-refractivity contribution in [2.75, 3.05) is 13.2 Å². The van der Waals surface area contributed by atoms with Gasteiger partial charge in [0, 0.05) is 30.7 Å². The maximum absolute atomic E-state index is 11.9. The predicted molar refractivity (Wildman–Crippen MR) is 79.0 cm³/mol. The molecule has 0 aromatic carbocycles. The number of hydrogen-bond acceptors (Lipinski definition) is 4. The molecule has 21 heavy (non-hydrogen) atoms. The minimum atomic E-state index is -0.160. The number of nitrogens with one attached hydrogen (secondary N) is 2. The molecule has 118 valence electrons. The van der Waals surface area contributed by atoms with Crippen molar-refractivity contribution in [1.82, 2.24) is 15.8 Å². The largest absolute Gasteiger partial charge is 0.396 e. The van der Waals surface area contributed by atoms with Crippen LogP contribution in [0.4, 0.5) is 4.79 Å². The van der Waals surface area contributed by atoms with Crippen molar-refractivity contribution in [3.63, 3.8) is 0 Å². The van der Waals surface area contributed by atoms with Crippen molar-refractivity contribution in [1.29, 1.82) is 0 Å². The van der Waals surface area contributed by atoms with E-state index in [2.05, 4.69) is 15.8 Å². The van der Waals surface area contributed by atoms with Crippen LogP contribution in [0.1, 0.15) is 42.7 Å². The molecule has 0 spiro atoms. The number of aliphatic hydroxyl groups is 1. The second-order valence-electron chi connectivity index (χ2n) is 5.79. The lowest BCUT2D eigenvalue weighted by molar-refractivity contribution is 0.154. The van der Waals surface area contributed by atoms with Crippen molar-refractivity contribution in [2.45, 2.75) is 52.0 Å².